The molecule has 134 valence electrons. The normalized spacial score (nSPS) is 10.5. The molecule has 0 unspecified atom stereocenters. The summed E-state index contributed by atoms with van der Waals surface area (Å²) in [5, 5.41) is 3.98. The minimum absolute atomic E-state index is 0.532. The van der Waals surface area contributed by atoms with Crippen LogP contribution in [0.15, 0.2) is 70.8 Å². The Morgan fingerprint density at radius 3 is 2.54 bits per heavy atom. The van der Waals surface area contributed by atoms with E-state index in [1.165, 1.54) is 18.1 Å². The lowest BCUT2D eigenvalue weighted by molar-refractivity contribution is 0.309. The largest absolute Gasteiger partial charge is 0.494 e. The summed E-state index contributed by atoms with van der Waals surface area (Å²) in [6.45, 7) is 2.88. The van der Waals surface area contributed by atoms with E-state index in [1.54, 1.807) is 0 Å². The minimum atomic E-state index is 0.532. The number of nitrogens with one attached hydrogen (secondary N) is 1. The van der Waals surface area contributed by atoms with E-state index < -0.39 is 0 Å². The van der Waals surface area contributed by atoms with Crippen molar-refractivity contribution in [1.29, 1.82) is 0 Å². The van der Waals surface area contributed by atoms with Gasteiger partial charge >= 0.3 is 0 Å². The van der Waals surface area contributed by atoms with E-state index in [0.29, 0.717) is 11.5 Å². The number of hydrogen-bond donors (Lipinski definition) is 2. The van der Waals surface area contributed by atoms with Gasteiger partial charge in [-0.2, -0.15) is 0 Å². The Labute approximate surface area is 158 Å². The molecule has 0 atom stereocenters. The molecular weight excluding hydrogens is 344 g/mol. The molecule has 0 spiro atoms. The Morgan fingerprint density at radius 1 is 1.04 bits per heavy atom. The van der Waals surface area contributed by atoms with Crippen molar-refractivity contribution in [2.75, 3.05) is 17.7 Å². The third-order valence-electron chi connectivity index (χ3n) is 3.69. The molecule has 0 aliphatic rings. The number of unbranched alkanes of at least 4 members (excludes halogenated alkanes) is 1. The average Bonchev–Trinajstić information content (AvgIpc) is 2.67. The van der Waals surface area contributed by atoms with E-state index in [1.807, 2.05) is 54.6 Å². The van der Waals surface area contributed by atoms with Crippen molar-refractivity contribution in [2.24, 2.45) is 0 Å². The standard InChI is InChI=1S/C20H22N4OS/c1-2-3-13-25-16-11-9-15(10-12-16)24-19-18(21)20(23-14-22-19)26-17-7-5-4-6-8-17/h4-12,14H,2-3,13,21H2,1H3,(H,22,23,24). The molecule has 1 heterocycles. The second-order valence-electron chi connectivity index (χ2n) is 5.71. The first-order valence-electron chi connectivity index (χ1n) is 8.59. The van der Waals surface area contributed by atoms with Gasteiger partial charge in [-0.1, -0.05) is 43.3 Å². The van der Waals surface area contributed by atoms with Crippen LogP contribution >= 0.6 is 11.8 Å². The fourth-order valence-corrected chi connectivity index (χ4v) is 3.09. The van der Waals surface area contributed by atoms with Crippen molar-refractivity contribution in [1.82, 2.24) is 9.97 Å². The lowest BCUT2D eigenvalue weighted by atomic mass is 10.3. The quantitative estimate of drug-likeness (QED) is 0.425. The van der Waals surface area contributed by atoms with Crippen LogP contribution in [0.3, 0.4) is 0 Å². The molecule has 26 heavy (non-hydrogen) atoms. The Balaban J connectivity index is 1.69. The molecule has 3 aromatic rings. The number of nitrogens with two attached hydrogens (primary N) is 1. The molecule has 0 aliphatic heterocycles. The monoisotopic (exact) mass is 366 g/mol. The number of ether oxygens (including phenoxy) is 1. The average molecular weight is 366 g/mol. The molecule has 0 aliphatic carbocycles. The number of rotatable bonds is 8. The summed E-state index contributed by atoms with van der Waals surface area (Å²) in [6, 6.07) is 17.8. The first-order chi connectivity index (χ1) is 12.8. The van der Waals surface area contributed by atoms with E-state index in [4.69, 9.17) is 10.5 Å². The second-order valence-corrected chi connectivity index (χ2v) is 6.77. The van der Waals surface area contributed by atoms with E-state index in [0.717, 1.165) is 40.8 Å². The Morgan fingerprint density at radius 2 is 1.81 bits per heavy atom. The zero-order valence-electron chi connectivity index (χ0n) is 14.7. The summed E-state index contributed by atoms with van der Waals surface area (Å²) in [5.74, 6) is 1.46. The number of aromatic nitrogens is 2. The van der Waals surface area contributed by atoms with Crippen molar-refractivity contribution in [3.63, 3.8) is 0 Å². The van der Waals surface area contributed by atoms with Gasteiger partial charge in [-0.15, -0.1) is 0 Å². The van der Waals surface area contributed by atoms with Crippen LogP contribution < -0.4 is 15.8 Å². The van der Waals surface area contributed by atoms with E-state index in [2.05, 4.69) is 22.2 Å². The molecule has 1 aromatic heterocycles. The highest BCUT2D eigenvalue weighted by Gasteiger charge is 2.10. The number of anilines is 3. The summed E-state index contributed by atoms with van der Waals surface area (Å²) >= 11 is 1.52. The molecule has 0 saturated heterocycles. The van der Waals surface area contributed by atoms with Crippen LogP contribution in [0.4, 0.5) is 17.2 Å². The fraction of sp³-hybridized carbons (Fsp3) is 0.200. The minimum Gasteiger partial charge on any atom is -0.494 e. The molecule has 3 N–H and O–H groups in total. The van der Waals surface area contributed by atoms with Crippen molar-refractivity contribution in [3.8, 4) is 5.75 Å². The molecule has 2 aromatic carbocycles. The van der Waals surface area contributed by atoms with Crippen molar-refractivity contribution in [3.05, 3.63) is 60.9 Å². The highest BCUT2D eigenvalue weighted by atomic mass is 32.2. The Kier molecular flexibility index (Phi) is 6.33. The molecule has 6 heteroatoms. The molecule has 0 fully saturated rings. The molecule has 0 saturated carbocycles. The second kappa shape index (κ2) is 9.10. The molecule has 0 amide bonds. The van der Waals surface area contributed by atoms with Crippen LogP contribution in [0.5, 0.6) is 5.75 Å². The SMILES string of the molecule is CCCCOc1ccc(Nc2ncnc(Sc3ccccc3)c2N)cc1. The predicted octanol–water partition coefficient (Wildman–Crippen LogP) is 5.13. The van der Waals surface area contributed by atoms with Gasteiger partial charge in [-0.25, -0.2) is 9.97 Å². The molecule has 3 rings (SSSR count). The van der Waals surface area contributed by atoms with Crippen molar-refractivity contribution >= 4 is 29.0 Å². The third-order valence-corrected chi connectivity index (χ3v) is 4.72. The summed E-state index contributed by atoms with van der Waals surface area (Å²) in [6.07, 6.45) is 3.70. The summed E-state index contributed by atoms with van der Waals surface area (Å²) in [4.78, 5) is 9.65. The molecule has 5 nitrogen and oxygen atoms in total. The zero-order valence-corrected chi connectivity index (χ0v) is 15.5. The number of hydrogen-bond acceptors (Lipinski definition) is 6. The molecule has 0 bridgehead atoms. The van der Waals surface area contributed by atoms with Gasteiger partial charge in [-0.05, 0) is 42.8 Å². The van der Waals surface area contributed by atoms with Gasteiger partial charge in [-0.3, -0.25) is 0 Å². The van der Waals surface area contributed by atoms with Gasteiger partial charge in [0.2, 0.25) is 0 Å². The lowest BCUT2D eigenvalue weighted by Gasteiger charge is -2.11. The van der Waals surface area contributed by atoms with E-state index in [-0.39, 0.29) is 0 Å². The topological polar surface area (TPSA) is 73.1 Å². The van der Waals surface area contributed by atoms with Crippen molar-refractivity contribution in [2.45, 2.75) is 29.7 Å². The van der Waals surface area contributed by atoms with E-state index in [9.17, 15) is 0 Å². The smallest absolute Gasteiger partial charge is 0.158 e. The van der Waals surface area contributed by atoms with Gasteiger partial charge in [0.15, 0.2) is 5.82 Å². The van der Waals surface area contributed by atoms with Gasteiger partial charge in [0.05, 0.1) is 6.61 Å². The van der Waals surface area contributed by atoms with Crippen LogP contribution in [0.2, 0.25) is 0 Å². The van der Waals surface area contributed by atoms with Crippen LogP contribution in [-0.4, -0.2) is 16.6 Å². The maximum absolute atomic E-state index is 6.26. The van der Waals surface area contributed by atoms with Crippen LogP contribution in [0, 0.1) is 0 Å². The lowest BCUT2D eigenvalue weighted by Crippen LogP contribution is -2.02. The maximum atomic E-state index is 6.26. The summed E-state index contributed by atoms with van der Waals surface area (Å²) in [7, 11) is 0. The van der Waals surface area contributed by atoms with Gasteiger partial charge < -0.3 is 15.8 Å². The zero-order chi connectivity index (χ0) is 18.2. The Hall–Kier alpha value is -2.73. The summed E-state index contributed by atoms with van der Waals surface area (Å²) in [5.41, 5.74) is 7.69. The number of benzene rings is 2. The molecule has 0 radical (unpaired) electrons. The van der Waals surface area contributed by atoms with Crippen LogP contribution in [0.25, 0.3) is 0 Å². The number of nitrogen functional groups attached to an aromatic ring is 1. The van der Waals surface area contributed by atoms with Crippen LogP contribution in [0.1, 0.15) is 19.8 Å². The maximum Gasteiger partial charge on any atom is 0.158 e. The summed E-state index contributed by atoms with van der Waals surface area (Å²) < 4.78 is 5.68. The van der Waals surface area contributed by atoms with Gasteiger partial charge in [0.1, 0.15) is 22.8 Å². The first-order valence-corrected chi connectivity index (χ1v) is 9.41. The number of nitrogens with zero attached hydrogens (tertiary/aromatic N) is 2. The molecular formula is C20H22N4OS. The van der Waals surface area contributed by atoms with Crippen LogP contribution in [-0.2, 0) is 0 Å². The van der Waals surface area contributed by atoms with Crippen molar-refractivity contribution < 1.29 is 4.74 Å². The highest BCUT2D eigenvalue weighted by molar-refractivity contribution is 7.99. The van der Waals surface area contributed by atoms with Gasteiger partial charge in [0, 0.05) is 10.6 Å². The Bertz CT molecular complexity index is 825. The van der Waals surface area contributed by atoms with Gasteiger partial charge in [0.25, 0.3) is 0 Å². The first kappa shape index (κ1) is 18.1. The predicted molar refractivity (Wildman–Crippen MR) is 107 cm³/mol. The third kappa shape index (κ3) is 4.89. The van der Waals surface area contributed by atoms with E-state index >= 15 is 0 Å². The fourth-order valence-electron chi connectivity index (χ4n) is 2.27. The highest BCUT2D eigenvalue weighted by Crippen LogP contribution is 2.33.